The number of nitrogens with one attached hydrogen (secondary N) is 1. The number of carbonyl (C=O) groups is 1. The Bertz CT molecular complexity index is 505. The van der Waals surface area contributed by atoms with Gasteiger partial charge >= 0.3 is 0 Å². The van der Waals surface area contributed by atoms with Crippen molar-refractivity contribution < 1.29 is 19.2 Å². The predicted octanol–water partition coefficient (Wildman–Crippen LogP) is 1.30. The number of rotatable bonds is 9. The molecular weight excluding hydrogens is 278 g/mol. The zero-order valence-electron chi connectivity index (χ0n) is 12.0. The topological polar surface area (TPSA) is 117 Å². The maximum absolute atomic E-state index is 10.9. The van der Waals surface area contributed by atoms with E-state index in [1.807, 2.05) is 13.8 Å². The number of hydrogen-bond donors (Lipinski definition) is 2. The van der Waals surface area contributed by atoms with Gasteiger partial charge in [0.1, 0.15) is 12.4 Å². The van der Waals surface area contributed by atoms with Crippen molar-refractivity contribution in [1.29, 1.82) is 0 Å². The number of nitrogens with two attached hydrogens (primary N) is 1. The van der Waals surface area contributed by atoms with Crippen LogP contribution in [0.25, 0.3) is 0 Å². The predicted molar refractivity (Wildman–Crippen MR) is 77.4 cm³/mol. The molecule has 0 bridgehead atoms. The van der Waals surface area contributed by atoms with Crippen molar-refractivity contribution >= 4 is 17.3 Å². The van der Waals surface area contributed by atoms with Crippen LogP contribution in [-0.2, 0) is 9.53 Å². The average molecular weight is 297 g/mol. The minimum atomic E-state index is -0.544. The number of anilines is 1. The van der Waals surface area contributed by atoms with Crippen LogP contribution in [0.5, 0.6) is 5.75 Å². The van der Waals surface area contributed by atoms with Gasteiger partial charge in [0.05, 0.1) is 23.7 Å². The van der Waals surface area contributed by atoms with Crippen LogP contribution in [-0.4, -0.2) is 36.7 Å². The highest BCUT2D eigenvalue weighted by Crippen LogP contribution is 2.26. The van der Waals surface area contributed by atoms with E-state index in [9.17, 15) is 14.9 Å². The number of nitro groups is 1. The second-order valence-electron chi connectivity index (χ2n) is 4.58. The molecule has 1 aromatic rings. The van der Waals surface area contributed by atoms with Crippen LogP contribution >= 0.6 is 0 Å². The molecule has 0 radical (unpaired) electrons. The van der Waals surface area contributed by atoms with E-state index < -0.39 is 10.8 Å². The van der Waals surface area contributed by atoms with Crippen molar-refractivity contribution in [3.8, 4) is 5.75 Å². The molecule has 0 aromatic heterocycles. The highest BCUT2D eigenvalue weighted by molar-refractivity contribution is 5.74. The summed E-state index contributed by atoms with van der Waals surface area (Å²) in [6.45, 7) is 4.16. The number of nitro benzene ring substituents is 1. The lowest BCUT2D eigenvalue weighted by atomic mass is 10.2. The van der Waals surface area contributed by atoms with E-state index >= 15 is 0 Å². The normalized spacial score (nSPS) is 10.4. The van der Waals surface area contributed by atoms with Crippen LogP contribution in [0.3, 0.4) is 0 Å². The minimum absolute atomic E-state index is 0.0614. The van der Waals surface area contributed by atoms with Crippen molar-refractivity contribution in [2.24, 2.45) is 5.73 Å². The van der Waals surface area contributed by atoms with E-state index in [-0.39, 0.29) is 25.0 Å². The van der Waals surface area contributed by atoms with E-state index in [0.29, 0.717) is 18.0 Å². The fraction of sp³-hybridized carbons (Fsp3) is 0.462. The van der Waals surface area contributed by atoms with Crippen LogP contribution in [0, 0.1) is 10.1 Å². The van der Waals surface area contributed by atoms with Gasteiger partial charge in [-0.05, 0) is 13.8 Å². The second kappa shape index (κ2) is 8.05. The molecule has 0 saturated heterocycles. The van der Waals surface area contributed by atoms with E-state index in [1.54, 1.807) is 6.07 Å². The third-order valence-corrected chi connectivity index (χ3v) is 2.29. The second-order valence-corrected chi connectivity index (χ2v) is 4.58. The Balaban J connectivity index is 2.65. The molecule has 21 heavy (non-hydrogen) atoms. The Morgan fingerprint density at radius 2 is 2.14 bits per heavy atom. The third-order valence-electron chi connectivity index (χ3n) is 2.29. The Morgan fingerprint density at radius 3 is 2.71 bits per heavy atom. The summed E-state index contributed by atoms with van der Waals surface area (Å²) in [4.78, 5) is 20.9. The van der Waals surface area contributed by atoms with Gasteiger partial charge in [-0.25, -0.2) is 0 Å². The van der Waals surface area contributed by atoms with E-state index in [1.165, 1.54) is 12.1 Å². The first-order chi connectivity index (χ1) is 9.88. The fourth-order valence-electron chi connectivity index (χ4n) is 1.57. The van der Waals surface area contributed by atoms with Crippen molar-refractivity contribution in [3.05, 3.63) is 28.3 Å². The van der Waals surface area contributed by atoms with Crippen LogP contribution in [0.1, 0.15) is 13.8 Å². The summed E-state index contributed by atoms with van der Waals surface area (Å²) in [6.07, 6.45) is -0.0845. The molecule has 0 aliphatic rings. The van der Waals surface area contributed by atoms with Crippen molar-refractivity contribution in [2.45, 2.75) is 20.0 Å². The van der Waals surface area contributed by atoms with Crippen LogP contribution < -0.4 is 15.8 Å². The smallest absolute Gasteiger partial charge is 0.275 e. The Morgan fingerprint density at radius 1 is 1.43 bits per heavy atom. The van der Waals surface area contributed by atoms with E-state index in [4.69, 9.17) is 15.2 Å². The van der Waals surface area contributed by atoms with Crippen molar-refractivity contribution in [2.75, 3.05) is 25.1 Å². The summed E-state index contributed by atoms with van der Waals surface area (Å²) in [5.74, 6) is -0.127. The number of benzene rings is 1. The Hall–Kier alpha value is -2.35. The summed E-state index contributed by atoms with van der Waals surface area (Å²) >= 11 is 0. The fourth-order valence-corrected chi connectivity index (χ4v) is 1.57. The SMILES string of the molecule is CC(C)Oc1cc(NCCOCC(N)=O)cc([N+](=O)[O-])c1. The quantitative estimate of drug-likeness (QED) is 0.403. The number of nitrogens with zero attached hydrogens (tertiary/aromatic N) is 1. The highest BCUT2D eigenvalue weighted by Gasteiger charge is 2.11. The van der Waals surface area contributed by atoms with Gasteiger partial charge in [0, 0.05) is 24.4 Å². The first-order valence-corrected chi connectivity index (χ1v) is 6.44. The lowest BCUT2D eigenvalue weighted by Crippen LogP contribution is -2.20. The number of carbonyl (C=O) groups excluding carboxylic acids is 1. The molecule has 3 N–H and O–H groups in total. The van der Waals surface area contributed by atoms with E-state index in [2.05, 4.69) is 5.32 Å². The number of primary amides is 1. The lowest BCUT2D eigenvalue weighted by Gasteiger charge is -2.12. The molecule has 8 nitrogen and oxygen atoms in total. The van der Waals surface area contributed by atoms with Crippen molar-refractivity contribution in [3.63, 3.8) is 0 Å². The number of amides is 1. The van der Waals surface area contributed by atoms with E-state index in [0.717, 1.165) is 0 Å². The van der Waals surface area contributed by atoms with Gasteiger partial charge in [0.25, 0.3) is 5.69 Å². The summed E-state index contributed by atoms with van der Waals surface area (Å²) in [5.41, 5.74) is 5.41. The zero-order valence-corrected chi connectivity index (χ0v) is 12.0. The van der Waals surface area contributed by atoms with Crippen molar-refractivity contribution in [1.82, 2.24) is 0 Å². The van der Waals surface area contributed by atoms with Gasteiger partial charge in [-0.15, -0.1) is 0 Å². The van der Waals surface area contributed by atoms with Gasteiger partial charge in [-0.2, -0.15) is 0 Å². The van der Waals surface area contributed by atoms with Gasteiger partial charge in [-0.1, -0.05) is 0 Å². The number of ether oxygens (including phenoxy) is 2. The molecule has 0 heterocycles. The van der Waals surface area contributed by atoms with Gasteiger partial charge in [0.15, 0.2) is 0 Å². The average Bonchev–Trinajstić information content (AvgIpc) is 2.36. The summed E-state index contributed by atoms with van der Waals surface area (Å²) in [7, 11) is 0. The first-order valence-electron chi connectivity index (χ1n) is 6.44. The standard InChI is InChI=1S/C13H19N3O5/c1-9(2)21-12-6-10(5-11(7-12)16(18)19)15-3-4-20-8-13(14)17/h5-7,9,15H,3-4,8H2,1-2H3,(H2,14,17). The molecule has 0 spiro atoms. The lowest BCUT2D eigenvalue weighted by molar-refractivity contribution is -0.384. The summed E-state index contributed by atoms with van der Waals surface area (Å²) in [6, 6.07) is 4.44. The van der Waals surface area contributed by atoms with Crippen LogP contribution in [0.15, 0.2) is 18.2 Å². The largest absolute Gasteiger partial charge is 0.491 e. The van der Waals surface area contributed by atoms with Gasteiger partial charge < -0.3 is 20.5 Å². The van der Waals surface area contributed by atoms with Crippen LogP contribution in [0.2, 0.25) is 0 Å². The Labute approximate surface area is 122 Å². The molecule has 1 aromatic carbocycles. The molecule has 0 saturated carbocycles. The molecule has 8 heteroatoms. The molecule has 0 unspecified atom stereocenters. The highest BCUT2D eigenvalue weighted by atomic mass is 16.6. The Kier molecular flexibility index (Phi) is 6.41. The molecule has 0 aliphatic carbocycles. The summed E-state index contributed by atoms with van der Waals surface area (Å²) in [5, 5.41) is 13.9. The minimum Gasteiger partial charge on any atom is -0.491 e. The van der Waals surface area contributed by atoms with Gasteiger partial charge in [-0.3, -0.25) is 14.9 Å². The maximum atomic E-state index is 10.9. The zero-order chi connectivity index (χ0) is 15.8. The molecule has 0 aliphatic heterocycles. The van der Waals surface area contributed by atoms with Gasteiger partial charge in [0.2, 0.25) is 5.91 Å². The molecule has 116 valence electrons. The first kappa shape index (κ1) is 16.7. The third kappa shape index (κ3) is 6.57. The van der Waals surface area contributed by atoms with Crippen LogP contribution in [0.4, 0.5) is 11.4 Å². The molecule has 0 fully saturated rings. The molecule has 1 rings (SSSR count). The summed E-state index contributed by atoms with van der Waals surface area (Å²) < 4.78 is 10.5. The molecule has 0 atom stereocenters. The monoisotopic (exact) mass is 297 g/mol. The maximum Gasteiger partial charge on any atom is 0.275 e. The number of hydrogen-bond acceptors (Lipinski definition) is 6. The molecule has 1 amide bonds. The molecular formula is C13H19N3O5. The number of non-ortho nitro benzene ring substituents is 1.